The molecule has 118 valence electrons. The number of aromatic nitrogens is 2. The van der Waals surface area contributed by atoms with Crippen LogP contribution in [0, 0.1) is 15.9 Å². The first-order valence-electron chi connectivity index (χ1n) is 6.38. The first kappa shape index (κ1) is 16.0. The molecule has 0 radical (unpaired) electrons. The van der Waals surface area contributed by atoms with Gasteiger partial charge in [-0.1, -0.05) is 0 Å². The van der Waals surface area contributed by atoms with Gasteiger partial charge in [0, 0.05) is 66.8 Å². The van der Waals surface area contributed by atoms with E-state index in [1.54, 1.807) is 29.5 Å². The van der Waals surface area contributed by atoms with Crippen molar-refractivity contribution >= 4 is 46.9 Å². The number of fused-ring (bicyclic) bond motifs is 1. The third-order valence-electron chi connectivity index (χ3n) is 3.52. The van der Waals surface area contributed by atoms with Crippen LogP contribution >= 0.6 is 30.3 Å². The van der Waals surface area contributed by atoms with Crippen LogP contribution in [-0.4, -0.2) is 13.5 Å². The number of hydrogen-bond acceptors (Lipinski definition) is 4. The maximum absolute atomic E-state index is 13.9. The fourth-order valence-electron chi connectivity index (χ4n) is 2.44. The van der Waals surface area contributed by atoms with Crippen molar-refractivity contribution in [3.63, 3.8) is 0 Å². The molecule has 0 aliphatic heterocycles. The second-order valence-electron chi connectivity index (χ2n) is 4.85. The van der Waals surface area contributed by atoms with Gasteiger partial charge in [-0.05, 0) is 23.8 Å². The average Bonchev–Trinajstić information content (AvgIpc) is 2.94. The molecular formula is C14H9FIN3O3S. The second kappa shape index (κ2) is 5.96. The van der Waals surface area contributed by atoms with Crippen LogP contribution in [0.25, 0.3) is 22.0 Å². The van der Waals surface area contributed by atoms with Gasteiger partial charge in [-0.2, -0.15) is 4.39 Å². The number of nitrogens with zero attached hydrogens (tertiary/aromatic N) is 3. The summed E-state index contributed by atoms with van der Waals surface area (Å²) in [5, 5.41) is 11.4. The van der Waals surface area contributed by atoms with E-state index in [1.165, 1.54) is 19.8 Å². The van der Waals surface area contributed by atoms with E-state index in [4.69, 9.17) is 0 Å². The van der Waals surface area contributed by atoms with Crippen molar-refractivity contribution in [2.24, 2.45) is 7.05 Å². The molecule has 0 fully saturated rings. The summed E-state index contributed by atoms with van der Waals surface area (Å²) in [7, 11) is 2.96. The highest BCUT2D eigenvalue weighted by atomic mass is 127. The van der Waals surface area contributed by atoms with E-state index in [0.29, 0.717) is 22.0 Å². The largest absolute Gasteiger partial charge is 0.316 e. The van der Waals surface area contributed by atoms with E-state index in [1.807, 2.05) is 0 Å². The standard InChI is InChI=1S/C14H9FIN3O3S/c1-17-7-10(8-2-3-12(19(21)22)11(15)6-8)9-4-5-18(23-16)13(9)14(17)20/h2-7H,1H3. The van der Waals surface area contributed by atoms with Crippen molar-refractivity contribution in [3.8, 4) is 11.1 Å². The fourth-order valence-corrected chi connectivity index (χ4v) is 3.78. The highest BCUT2D eigenvalue weighted by molar-refractivity contribution is 14.2. The van der Waals surface area contributed by atoms with Crippen molar-refractivity contribution < 1.29 is 9.31 Å². The molecule has 0 aliphatic rings. The van der Waals surface area contributed by atoms with Gasteiger partial charge in [-0.15, -0.1) is 0 Å². The van der Waals surface area contributed by atoms with Crippen LogP contribution < -0.4 is 5.56 Å². The average molecular weight is 445 g/mol. The molecule has 3 rings (SSSR count). The summed E-state index contributed by atoms with van der Waals surface area (Å²) in [6, 6.07) is 5.50. The Hall–Kier alpha value is -1.88. The van der Waals surface area contributed by atoms with Gasteiger partial charge in [0.25, 0.3) is 5.56 Å². The minimum atomic E-state index is -0.905. The zero-order valence-corrected chi connectivity index (χ0v) is 14.7. The van der Waals surface area contributed by atoms with Gasteiger partial charge in [0.15, 0.2) is 0 Å². The van der Waals surface area contributed by atoms with Gasteiger partial charge >= 0.3 is 5.69 Å². The van der Waals surface area contributed by atoms with Crippen molar-refractivity contribution in [1.82, 2.24) is 8.54 Å². The van der Waals surface area contributed by atoms with E-state index >= 15 is 0 Å². The monoisotopic (exact) mass is 445 g/mol. The third kappa shape index (κ3) is 2.63. The van der Waals surface area contributed by atoms with E-state index in [-0.39, 0.29) is 5.56 Å². The second-order valence-corrected chi connectivity index (χ2v) is 6.57. The number of halogens is 2. The summed E-state index contributed by atoms with van der Waals surface area (Å²) in [6.45, 7) is 0. The Morgan fingerprint density at radius 1 is 1.35 bits per heavy atom. The van der Waals surface area contributed by atoms with Crippen LogP contribution in [0.4, 0.5) is 10.1 Å². The van der Waals surface area contributed by atoms with E-state index in [9.17, 15) is 19.3 Å². The molecule has 0 aliphatic carbocycles. The molecule has 0 N–H and O–H groups in total. The molecule has 6 nitrogen and oxygen atoms in total. The molecule has 0 unspecified atom stereocenters. The van der Waals surface area contributed by atoms with Gasteiger partial charge < -0.3 is 4.57 Å². The van der Waals surface area contributed by atoms with Crippen LogP contribution in [0.2, 0.25) is 0 Å². The summed E-state index contributed by atoms with van der Waals surface area (Å²) < 4.78 is 17.1. The van der Waals surface area contributed by atoms with Gasteiger partial charge in [-0.25, -0.2) is 0 Å². The van der Waals surface area contributed by atoms with Crippen LogP contribution in [0.15, 0.2) is 41.5 Å². The van der Waals surface area contributed by atoms with Gasteiger partial charge in [0.05, 0.1) is 4.92 Å². The number of nitro benzene ring substituents is 1. The molecule has 0 saturated heterocycles. The molecular weight excluding hydrogens is 436 g/mol. The van der Waals surface area contributed by atoms with Crippen molar-refractivity contribution in [3.05, 3.63) is 62.9 Å². The highest BCUT2D eigenvalue weighted by Gasteiger charge is 2.18. The van der Waals surface area contributed by atoms with Gasteiger partial charge in [0.2, 0.25) is 5.82 Å². The maximum Gasteiger partial charge on any atom is 0.304 e. The Morgan fingerprint density at radius 2 is 2.09 bits per heavy atom. The van der Waals surface area contributed by atoms with Crippen LogP contribution in [-0.2, 0) is 7.05 Å². The summed E-state index contributed by atoms with van der Waals surface area (Å²) in [5.41, 5.74) is 0.865. The predicted octanol–water partition coefficient (Wildman–Crippen LogP) is 3.90. The molecule has 1 aromatic carbocycles. The molecule has 0 atom stereocenters. The van der Waals surface area contributed by atoms with Crippen molar-refractivity contribution in [1.29, 1.82) is 0 Å². The molecule has 0 amide bonds. The summed E-state index contributed by atoms with van der Waals surface area (Å²) in [4.78, 5) is 22.3. The fraction of sp³-hybridized carbons (Fsp3) is 0.0714. The highest BCUT2D eigenvalue weighted by Crippen LogP contribution is 2.32. The Bertz CT molecular complexity index is 999. The Morgan fingerprint density at radius 3 is 2.70 bits per heavy atom. The zero-order chi connectivity index (χ0) is 16.7. The molecule has 9 heteroatoms. The summed E-state index contributed by atoms with van der Waals surface area (Å²) in [6.07, 6.45) is 3.36. The predicted molar refractivity (Wildman–Crippen MR) is 96.2 cm³/mol. The molecule has 0 saturated carbocycles. The van der Waals surface area contributed by atoms with Crippen molar-refractivity contribution in [2.75, 3.05) is 0 Å². The Balaban J connectivity index is 2.31. The van der Waals surface area contributed by atoms with Crippen LogP contribution in [0.5, 0.6) is 0 Å². The topological polar surface area (TPSA) is 70.1 Å². The van der Waals surface area contributed by atoms with E-state index in [2.05, 4.69) is 21.2 Å². The molecule has 3 aromatic rings. The number of pyridine rings is 1. The van der Waals surface area contributed by atoms with Gasteiger partial charge in [0.1, 0.15) is 5.52 Å². The number of aryl methyl sites for hydroxylation is 1. The van der Waals surface area contributed by atoms with E-state index < -0.39 is 16.4 Å². The normalized spacial score (nSPS) is 11.1. The lowest BCUT2D eigenvalue weighted by Gasteiger charge is -2.08. The van der Waals surface area contributed by atoms with Crippen molar-refractivity contribution in [2.45, 2.75) is 0 Å². The van der Waals surface area contributed by atoms with Crippen LogP contribution in [0.1, 0.15) is 0 Å². The molecule has 2 heterocycles. The first-order chi connectivity index (χ1) is 10.9. The lowest BCUT2D eigenvalue weighted by molar-refractivity contribution is -0.387. The minimum absolute atomic E-state index is 0.166. The number of benzene rings is 1. The molecule has 0 bridgehead atoms. The quantitative estimate of drug-likeness (QED) is 0.349. The zero-order valence-electron chi connectivity index (χ0n) is 11.7. The molecule has 2 aromatic heterocycles. The summed E-state index contributed by atoms with van der Waals surface area (Å²) >= 11 is 2.07. The molecule has 23 heavy (non-hydrogen) atoms. The third-order valence-corrected chi connectivity index (χ3v) is 5.24. The smallest absolute Gasteiger partial charge is 0.304 e. The van der Waals surface area contributed by atoms with E-state index in [0.717, 1.165) is 12.1 Å². The SMILES string of the molecule is Cn1cc(-c2ccc([N+](=O)[O-])c(F)c2)c2ccn(SI)c2c1=O. The van der Waals surface area contributed by atoms with Crippen LogP contribution in [0.3, 0.4) is 0 Å². The molecule has 0 spiro atoms. The first-order valence-corrected chi connectivity index (χ1v) is 9.69. The number of hydrogen-bond donors (Lipinski definition) is 0. The Labute approximate surface area is 145 Å². The summed E-state index contributed by atoms with van der Waals surface area (Å²) in [5.74, 6) is -0.905. The lowest BCUT2D eigenvalue weighted by atomic mass is 10.0. The van der Waals surface area contributed by atoms with Gasteiger partial charge in [-0.3, -0.25) is 18.9 Å². The lowest BCUT2D eigenvalue weighted by Crippen LogP contribution is -2.17. The maximum atomic E-state index is 13.9. The number of rotatable bonds is 3. The minimum Gasteiger partial charge on any atom is -0.316 e. The Kier molecular flexibility index (Phi) is 4.15. The number of nitro groups is 1.